The van der Waals surface area contributed by atoms with Gasteiger partial charge in [0.15, 0.2) is 0 Å². The van der Waals surface area contributed by atoms with E-state index in [-0.39, 0.29) is 17.7 Å². The van der Waals surface area contributed by atoms with Crippen LogP contribution in [-0.2, 0) is 4.79 Å². The third kappa shape index (κ3) is 5.12. The molecule has 0 aromatic heterocycles. The molecule has 1 aliphatic carbocycles. The molecule has 3 heterocycles. The first kappa shape index (κ1) is 25.1. The summed E-state index contributed by atoms with van der Waals surface area (Å²) >= 11 is 6.16. The summed E-state index contributed by atoms with van der Waals surface area (Å²) < 4.78 is 0. The largest absolute Gasteiger partial charge is 0.506 e. The minimum Gasteiger partial charge on any atom is -0.506 e. The minimum absolute atomic E-state index is 0.115. The number of allylic oxidation sites excluding steroid dienone is 1. The summed E-state index contributed by atoms with van der Waals surface area (Å²) in [7, 11) is 0. The van der Waals surface area contributed by atoms with E-state index in [1.165, 1.54) is 0 Å². The average molecular weight is 513 g/mol. The Morgan fingerprint density at radius 3 is 2.44 bits per heavy atom. The standard InChI is InChI=1S/C27H37ClN6O2/c1-17-12-23(35)25-24(17)26(30-16-29-25)33-8-10-34(11-9-33)27(36)22(20-4-6-21(28)7-5-20)15-32-13-18(2)31-19(3)14-32/h4-7,12,17-19,22,29,31,35H,8-11,13-16H2,1-3H3/t17-,18-,19+,22?/m1/s1. The van der Waals surface area contributed by atoms with Crippen molar-refractivity contribution in [3.8, 4) is 0 Å². The zero-order valence-corrected chi connectivity index (χ0v) is 22.1. The molecule has 1 aromatic rings. The van der Waals surface area contributed by atoms with E-state index in [0.29, 0.717) is 49.2 Å². The number of amides is 1. The maximum absolute atomic E-state index is 13.9. The predicted octanol–water partition coefficient (Wildman–Crippen LogP) is 2.55. The van der Waals surface area contributed by atoms with E-state index < -0.39 is 0 Å². The van der Waals surface area contributed by atoms with Crippen molar-refractivity contribution in [1.29, 1.82) is 0 Å². The summed E-state index contributed by atoms with van der Waals surface area (Å²) in [6.45, 7) is 12.3. The topological polar surface area (TPSA) is 83.4 Å². The van der Waals surface area contributed by atoms with Crippen molar-refractivity contribution in [1.82, 2.24) is 25.3 Å². The number of aliphatic hydroxyl groups excluding tert-OH is 1. The van der Waals surface area contributed by atoms with Crippen LogP contribution in [0.2, 0.25) is 5.02 Å². The van der Waals surface area contributed by atoms with Crippen molar-refractivity contribution < 1.29 is 9.90 Å². The molecule has 5 rings (SSSR count). The predicted molar refractivity (Wildman–Crippen MR) is 143 cm³/mol. The van der Waals surface area contributed by atoms with E-state index in [2.05, 4.69) is 41.2 Å². The molecule has 3 aliphatic heterocycles. The lowest BCUT2D eigenvalue weighted by molar-refractivity contribution is -0.134. The number of carbonyl (C=O) groups excluding carboxylic acids is 1. The molecule has 4 atom stereocenters. The number of benzene rings is 1. The fraction of sp³-hybridized carbons (Fsp3) is 0.556. The first-order valence-electron chi connectivity index (χ1n) is 13.0. The number of hydrogen-bond donors (Lipinski definition) is 3. The highest BCUT2D eigenvalue weighted by Crippen LogP contribution is 2.32. The van der Waals surface area contributed by atoms with E-state index in [9.17, 15) is 9.90 Å². The molecule has 36 heavy (non-hydrogen) atoms. The van der Waals surface area contributed by atoms with Gasteiger partial charge in [0.05, 0.1) is 11.6 Å². The number of piperazine rings is 2. The van der Waals surface area contributed by atoms with E-state index >= 15 is 0 Å². The second kappa shape index (κ2) is 10.4. The maximum Gasteiger partial charge on any atom is 0.231 e. The Hall–Kier alpha value is -2.55. The van der Waals surface area contributed by atoms with E-state index in [1.54, 1.807) is 0 Å². The number of aliphatic hydroxyl groups is 1. The number of nitrogens with one attached hydrogen (secondary N) is 2. The smallest absolute Gasteiger partial charge is 0.231 e. The molecule has 0 radical (unpaired) electrons. The van der Waals surface area contributed by atoms with Crippen LogP contribution in [0.3, 0.4) is 0 Å². The monoisotopic (exact) mass is 512 g/mol. The highest BCUT2D eigenvalue weighted by Gasteiger charge is 2.36. The van der Waals surface area contributed by atoms with Gasteiger partial charge in [-0.05, 0) is 37.6 Å². The Kier molecular flexibility index (Phi) is 7.28. The molecule has 1 aromatic carbocycles. The first-order chi connectivity index (χ1) is 17.3. The number of hydrogen-bond acceptors (Lipinski definition) is 7. The molecule has 0 saturated carbocycles. The van der Waals surface area contributed by atoms with Crippen LogP contribution >= 0.6 is 11.6 Å². The van der Waals surface area contributed by atoms with E-state index in [4.69, 9.17) is 16.6 Å². The first-order valence-corrected chi connectivity index (χ1v) is 13.4. The Morgan fingerprint density at radius 2 is 1.78 bits per heavy atom. The quantitative estimate of drug-likeness (QED) is 0.575. The molecule has 194 valence electrons. The van der Waals surface area contributed by atoms with Crippen molar-refractivity contribution >= 4 is 23.3 Å². The fourth-order valence-electron chi connectivity index (χ4n) is 6.05. The van der Waals surface area contributed by atoms with Crippen molar-refractivity contribution in [2.45, 2.75) is 38.8 Å². The van der Waals surface area contributed by atoms with Gasteiger partial charge in [-0.3, -0.25) is 9.69 Å². The summed E-state index contributed by atoms with van der Waals surface area (Å²) in [6.07, 6.45) is 1.87. The van der Waals surface area contributed by atoms with Crippen LogP contribution < -0.4 is 10.6 Å². The van der Waals surface area contributed by atoms with Crippen LogP contribution in [0.15, 0.2) is 52.4 Å². The second-order valence-electron chi connectivity index (χ2n) is 10.5. The Balaban J connectivity index is 1.29. The van der Waals surface area contributed by atoms with Crippen molar-refractivity contribution in [3.63, 3.8) is 0 Å². The van der Waals surface area contributed by atoms with Gasteiger partial charge in [-0.25, -0.2) is 4.99 Å². The number of rotatable bonds is 4. The molecule has 3 N–H and O–H groups in total. The van der Waals surface area contributed by atoms with Crippen molar-refractivity contribution in [2.75, 3.05) is 52.5 Å². The van der Waals surface area contributed by atoms with Gasteiger partial charge < -0.3 is 25.5 Å². The molecule has 2 saturated heterocycles. The van der Waals surface area contributed by atoms with Crippen LogP contribution in [0.1, 0.15) is 32.3 Å². The normalized spacial score (nSPS) is 27.8. The molecule has 0 spiro atoms. The van der Waals surface area contributed by atoms with Gasteiger partial charge >= 0.3 is 0 Å². The second-order valence-corrected chi connectivity index (χ2v) is 11.0. The lowest BCUT2D eigenvalue weighted by atomic mass is 9.95. The highest BCUT2D eigenvalue weighted by molar-refractivity contribution is 6.30. The number of carbonyl (C=O) groups is 1. The van der Waals surface area contributed by atoms with Crippen LogP contribution in [0.4, 0.5) is 0 Å². The van der Waals surface area contributed by atoms with Gasteiger partial charge in [-0.15, -0.1) is 0 Å². The summed E-state index contributed by atoms with van der Waals surface area (Å²) in [5, 5.41) is 17.7. The fourth-order valence-corrected chi connectivity index (χ4v) is 6.17. The summed E-state index contributed by atoms with van der Waals surface area (Å²) in [5.41, 5.74) is 2.87. The van der Waals surface area contributed by atoms with Gasteiger partial charge in [0.1, 0.15) is 18.3 Å². The summed E-state index contributed by atoms with van der Waals surface area (Å²) in [6, 6.07) is 8.55. The van der Waals surface area contributed by atoms with Crippen molar-refractivity contribution in [2.24, 2.45) is 10.9 Å². The SMILES string of the molecule is C[C@@H]1CN(CC(C(=O)N2CCN(C3=NCNC4=C3[C@H](C)C=C4O)CC2)c2ccc(Cl)cc2)C[C@H](C)N1. The summed E-state index contributed by atoms with van der Waals surface area (Å²) in [4.78, 5) is 25.3. The molecule has 0 bridgehead atoms. The lowest BCUT2D eigenvalue weighted by Crippen LogP contribution is -2.56. The van der Waals surface area contributed by atoms with E-state index in [0.717, 1.165) is 48.8 Å². The zero-order valence-electron chi connectivity index (χ0n) is 21.4. The van der Waals surface area contributed by atoms with Gasteiger partial charge in [0, 0.05) is 74.4 Å². The summed E-state index contributed by atoms with van der Waals surface area (Å²) in [5.74, 6) is 1.32. The molecule has 1 amide bonds. The third-order valence-corrected chi connectivity index (χ3v) is 7.90. The molecule has 9 heteroatoms. The number of aliphatic imine (C=N–C) groups is 1. The minimum atomic E-state index is -0.229. The average Bonchev–Trinajstić information content (AvgIpc) is 3.16. The molecular weight excluding hydrogens is 476 g/mol. The zero-order chi connectivity index (χ0) is 25.4. The maximum atomic E-state index is 13.9. The van der Waals surface area contributed by atoms with E-state index in [1.807, 2.05) is 35.2 Å². The van der Waals surface area contributed by atoms with Crippen LogP contribution in [-0.4, -0.2) is 96.1 Å². The van der Waals surface area contributed by atoms with Gasteiger partial charge in [0.2, 0.25) is 5.91 Å². The number of nitrogens with zero attached hydrogens (tertiary/aromatic N) is 4. The third-order valence-electron chi connectivity index (χ3n) is 7.65. The molecule has 8 nitrogen and oxygen atoms in total. The van der Waals surface area contributed by atoms with Gasteiger partial charge in [-0.2, -0.15) is 0 Å². The van der Waals surface area contributed by atoms with Gasteiger partial charge in [0.25, 0.3) is 0 Å². The van der Waals surface area contributed by atoms with Crippen LogP contribution in [0, 0.1) is 5.92 Å². The van der Waals surface area contributed by atoms with Crippen molar-refractivity contribution in [3.05, 3.63) is 58.0 Å². The van der Waals surface area contributed by atoms with Gasteiger partial charge in [-0.1, -0.05) is 30.7 Å². The molecule has 1 unspecified atom stereocenters. The Morgan fingerprint density at radius 1 is 1.11 bits per heavy atom. The van der Waals surface area contributed by atoms with Crippen LogP contribution in [0.25, 0.3) is 0 Å². The molecule has 2 fully saturated rings. The Labute approximate surface area is 218 Å². The highest BCUT2D eigenvalue weighted by atomic mass is 35.5. The van der Waals surface area contributed by atoms with Crippen LogP contribution in [0.5, 0.6) is 0 Å². The lowest BCUT2D eigenvalue weighted by Gasteiger charge is -2.41. The Bertz CT molecular complexity index is 1070. The number of amidine groups is 1. The number of halogens is 1. The molecular formula is C27H37ClN6O2. The molecule has 4 aliphatic rings.